The predicted molar refractivity (Wildman–Crippen MR) is 56.8 cm³/mol. The predicted octanol–water partition coefficient (Wildman–Crippen LogP) is -0.109. The Balaban J connectivity index is 2.81. The fourth-order valence-corrected chi connectivity index (χ4v) is 1.20. The second-order valence-corrected chi connectivity index (χ2v) is 4.08. The van der Waals surface area contributed by atoms with Gasteiger partial charge in [-0.3, -0.25) is 5.32 Å². The smallest absolute Gasteiger partial charge is 0.430 e. The third kappa shape index (κ3) is 4.80. The van der Waals surface area contributed by atoms with E-state index >= 15 is 0 Å². The number of hydrogen-bond acceptors (Lipinski definition) is 7. The third-order valence-electron chi connectivity index (χ3n) is 1.29. The van der Waals surface area contributed by atoms with Gasteiger partial charge in [-0.25, -0.2) is 9.78 Å². The standard InChI is InChI=1S/C6H7ClN4O5S/c1-15-4-2-3(7)9-5(10-4)11-6(12)16-17(8,13)14/h2H,1H3,(H2,8,13,14)(H,9,10,11,12). The molecule has 0 aliphatic heterocycles. The quantitative estimate of drug-likeness (QED) is 0.739. The van der Waals surface area contributed by atoms with Crippen molar-refractivity contribution in [2.75, 3.05) is 12.4 Å². The maximum Gasteiger partial charge on any atom is 0.430 e. The van der Waals surface area contributed by atoms with Crippen molar-refractivity contribution in [1.82, 2.24) is 9.97 Å². The van der Waals surface area contributed by atoms with Crippen LogP contribution in [0.1, 0.15) is 0 Å². The maximum absolute atomic E-state index is 11.0. The van der Waals surface area contributed by atoms with Crippen LogP contribution in [-0.2, 0) is 14.5 Å². The van der Waals surface area contributed by atoms with E-state index in [1.807, 2.05) is 5.32 Å². The summed E-state index contributed by atoms with van der Waals surface area (Å²) in [6, 6.07) is 1.29. The van der Waals surface area contributed by atoms with Crippen LogP contribution in [-0.4, -0.2) is 31.6 Å². The zero-order valence-corrected chi connectivity index (χ0v) is 9.95. The van der Waals surface area contributed by atoms with E-state index in [9.17, 15) is 13.2 Å². The number of methoxy groups -OCH3 is 1. The third-order valence-corrected chi connectivity index (χ3v) is 1.86. The second kappa shape index (κ2) is 5.12. The highest BCUT2D eigenvalue weighted by Crippen LogP contribution is 2.15. The molecule has 0 radical (unpaired) electrons. The highest BCUT2D eigenvalue weighted by atomic mass is 35.5. The van der Waals surface area contributed by atoms with Crippen LogP contribution in [0.25, 0.3) is 0 Å². The van der Waals surface area contributed by atoms with E-state index in [1.165, 1.54) is 13.2 Å². The van der Waals surface area contributed by atoms with Crippen LogP contribution in [0.15, 0.2) is 6.07 Å². The molecule has 3 N–H and O–H groups in total. The number of halogens is 1. The number of hydrogen-bond donors (Lipinski definition) is 2. The molecule has 0 atom stereocenters. The summed E-state index contributed by atoms with van der Waals surface area (Å²) in [5.41, 5.74) is 0. The Morgan fingerprint density at radius 1 is 1.53 bits per heavy atom. The van der Waals surface area contributed by atoms with Gasteiger partial charge in [-0.1, -0.05) is 11.6 Å². The number of nitrogens with zero attached hydrogens (tertiary/aromatic N) is 2. The van der Waals surface area contributed by atoms with Crippen molar-refractivity contribution < 1.29 is 22.1 Å². The topological polar surface area (TPSA) is 134 Å². The van der Waals surface area contributed by atoms with Crippen molar-refractivity contribution in [3.63, 3.8) is 0 Å². The lowest BCUT2D eigenvalue weighted by Gasteiger charge is -2.05. The van der Waals surface area contributed by atoms with Crippen LogP contribution in [0.2, 0.25) is 5.15 Å². The number of rotatable bonds is 3. The molecule has 9 nitrogen and oxygen atoms in total. The molecule has 17 heavy (non-hydrogen) atoms. The molecule has 1 aromatic heterocycles. The van der Waals surface area contributed by atoms with Crippen LogP contribution in [0.5, 0.6) is 5.88 Å². The average molecular weight is 283 g/mol. The number of ether oxygens (including phenoxy) is 1. The highest BCUT2D eigenvalue weighted by molar-refractivity contribution is 7.84. The summed E-state index contributed by atoms with van der Waals surface area (Å²) in [5, 5.41) is 6.37. The van der Waals surface area contributed by atoms with Gasteiger partial charge < -0.3 is 8.92 Å². The van der Waals surface area contributed by atoms with Gasteiger partial charge in [0.1, 0.15) is 5.15 Å². The number of anilines is 1. The largest absolute Gasteiger partial charge is 0.481 e. The van der Waals surface area contributed by atoms with Gasteiger partial charge in [0.15, 0.2) is 0 Å². The summed E-state index contributed by atoms with van der Waals surface area (Å²) in [5.74, 6) is -0.209. The molecule has 1 heterocycles. The van der Waals surface area contributed by atoms with Gasteiger partial charge in [0.2, 0.25) is 11.8 Å². The molecular formula is C6H7ClN4O5S. The number of nitrogens with one attached hydrogen (secondary N) is 1. The Bertz CT molecular complexity index is 533. The fourth-order valence-electron chi connectivity index (χ4n) is 0.775. The van der Waals surface area contributed by atoms with Gasteiger partial charge in [-0.2, -0.15) is 18.5 Å². The molecule has 0 fully saturated rings. The van der Waals surface area contributed by atoms with Crippen molar-refractivity contribution in [3.05, 3.63) is 11.2 Å². The minimum absolute atomic E-state index is 0.0113. The van der Waals surface area contributed by atoms with Gasteiger partial charge in [-0.15, -0.1) is 0 Å². The Morgan fingerprint density at radius 2 is 2.18 bits per heavy atom. The lowest BCUT2D eigenvalue weighted by atomic mass is 10.6. The molecule has 94 valence electrons. The van der Waals surface area contributed by atoms with Crippen LogP contribution in [0.3, 0.4) is 0 Å². The van der Waals surface area contributed by atoms with Crippen molar-refractivity contribution in [1.29, 1.82) is 0 Å². The molecule has 1 aromatic rings. The summed E-state index contributed by atoms with van der Waals surface area (Å²) in [6.07, 6.45) is -1.36. The van der Waals surface area contributed by atoms with Gasteiger partial charge in [0, 0.05) is 6.07 Å². The van der Waals surface area contributed by atoms with Crippen LogP contribution in [0, 0.1) is 0 Å². The van der Waals surface area contributed by atoms with E-state index in [0.717, 1.165) is 0 Å². The molecule has 0 saturated heterocycles. The molecule has 0 spiro atoms. The van der Waals surface area contributed by atoms with E-state index in [0.29, 0.717) is 0 Å². The summed E-state index contributed by atoms with van der Waals surface area (Å²) >= 11 is 5.58. The SMILES string of the molecule is COc1cc(Cl)nc(NC(=O)OS(N)(=O)=O)n1. The van der Waals surface area contributed by atoms with Crippen LogP contribution < -0.4 is 15.2 Å². The molecule has 11 heteroatoms. The van der Waals surface area contributed by atoms with Crippen molar-refractivity contribution in [2.45, 2.75) is 0 Å². The number of aromatic nitrogens is 2. The first kappa shape index (κ1) is 13.4. The highest BCUT2D eigenvalue weighted by Gasteiger charge is 2.14. The zero-order chi connectivity index (χ0) is 13.1. The Hall–Kier alpha value is -1.65. The molecule has 0 aliphatic rings. The van der Waals surface area contributed by atoms with Gasteiger partial charge in [0.25, 0.3) is 0 Å². The van der Waals surface area contributed by atoms with Gasteiger partial charge in [-0.05, 0) is 0 Å². The van der Waals surface area contributed by atoms with E-state index in [4.69, 9.17) is 16.3 Å². The summed E-state index contributed by atoms with van der Waals surface area (Å²) in [4.78, 5) is 18.2. The Labute approximate surface area is 101 Å². The molecule has 0 aromatic carbocycles. The molecule has 0 saturated carbocycles. The summed E-state index contributed by atoms with van der Waals surface area (Å²) in [6.45, 7) is 0. The van der Waals surface area contributed by atoms with Gasteiger partial charge in [0.05, 0.1) is 7.11 Å². The molecule has 0 aliphatic carbocycles. The minimum atomic E-state index is -4.40. The first-order chi connectivity index (χ1) is 7.80. The molecule has 0 bridgehead atoms. The Morgan fingerprint density at radius 3 is 2.71 bits per heavy atom. The average Bonchev–Trinajstić information content (AvgIpc) is 2.13. The lowest BCUT2D eigenvalue weighted by Crippen LogP contribution is -2.24. The normalized spacial score (nSPS) is 10.8. The van der Waals surface area contributed by atoms with Crippen LogP contribution >= 0.6 is 11.6 Å². The fraction of sp³-hybridized carbons (Fsp3) is 0.167. The monoisotopic (exact) mass is 282 g/mol. The number of carbonyl (C=O) groups is 1. The van der Waals surface area contributed by atoms with E-state index in [2.05, 4.69) is 19.3 Å². The van der Waals surface area contributed by atoms with Gasteiger partial charge >= 0.3 is 16.4 Å². The summed E-state index contributed by atoms with van der Waals surface area (Å²) < 4.78 is 29.4. The number of amides is 1. The zero-order valence-electron chi connectivity index (χ0n) is 8.38. The molecule has 0 unspecified atom stereocenters. The first-order valence-electron chi connectivity index (χ1n) is 3.92. The van der Waals surface area contributed by atoms with E-state index in [-0.39, 0.29) is 17.0 Å². The number of nitrogens with two attached hydrogens (primary N) is 1. The maximum atomic E-state index is 11.0. The van der Waals surface area contributed by atoms with E-state index < -0.39 is 16.4 Å². The van der Waals surface area contributed by atoms with E-state index in [1.54, 1.807) is 0 Å². The Kier molecular flexibility index (Phi) is 4.04. The second-order valence-electron chi connectivity index (χ2n) is 2.55. The summed E-state index contributed by atoms with van der Waals surface area (Å²) in [7, 11) is -3.08. The minimum Gasteiger partial charge on any atom is -0.481 e. The van der Waals surface area contributed by atoms with Crippen molar-refractivity contribution in [3.8, 4) is 5.88 Å². The van der Waals surface area contributed by atoms with Crippen molar-refractivity contribution >= 4 is 33.9 Å². The lowest BCUT2D eigenvalue weighted by molar-refractivity contribution is 0.217. The molecule has 1 amide bonds. The first-order valence-corrected chi connectivity index (χ1v) is 5.77. The van der Waals surface area contributed by atoms with Crippen molar-refractivity contribution in [2.24, 2.45) is 5.14 Å². The van der Waals surface area contributed by atoms with Crippen LogP contribution in [0.4, 0.5) is 10.7 Å². The molecular weight excluding hydrogens is 276 g/mol. The molecule has 1 rings (SSSR count). The number of carbonyl (C=O) groups excluding carboxylic acids is 1.